The van der Waals surface area contributed by atoms with Crippen molar-refractivity contribution >= 4 is 44.7 Å². The molecule has 0 radical (unpaired) electrons. The first-order valence-electron chi connectivity index (χ1n) is 8.77. The van der Waals surface area contributed by atoms with E-state index in [1.54, 1.807) is 17.7 Å². The summed E-state index contributed by atoms with van der Waals surface area (Å²) in [6.07, 6.45) is 1.60. The Kier molecular flexibility index (Phi) is 4.62. The average molecular weight is 394 g/mol. The molecule has 0 aliphatic rings. The van der Waals surface area contributed by atoms with Crippen LogP contribution in [0.2, 0.25) is 5.02 Å². The minimum absolute atomic E-state index is 0.697. The summed E-state index contributed by atoms with van der Waals surface area (Å²) in [4.78, 5) is 9.95. The minimum Gasteiger partial charge on any atom is -0.338 e. The van der Waals surface area contributed by atoms with Crippen molar-refractivity contribution < 1.29 is 0 Å². The van der Waals surface area contributed by atoms with E-state index in [2.05, 4.69) is 65.7 Å². The van der Waals surface area contributed by atoms with E-state index < -0.39 is 0 Å². The number of aromatic nitrogens is 2. The zero-order chi connectivity index (χ0) is 19.1. The number of hydrogen-bond acceptors (Lipinski definition) is 4. The van der Waals surface area contributed by atoms with Crippen molar-refractivity contribution in [2.75, 3.05) is 5.32 Å². The minimum atomic E-state index is 0.697. The van der Waals surface area contributed by atoms with E-state index in [1.165, 1.54) is 16.7 Å². The highest BCUT2D eigenvalue weighted by atomic mass is 35.5. The molecule has 0 spiro atoms. The Labute approximate surface area is 168 Å². The lowest BCUT2D eigenvalue weighted by Gasteiger charge is -2.13. The SMILES string of the molecule is Cc1cc(C)c(Nc2ncnc3scc(-c4ccc(C)c(C)c4)c23)c(Cl)c1. The number of thiophene rings is 1. The van der Waals surface area contributed by atoms with Crippen LogP contribution in [0.4, 0.5) is 11.5 Å². The normalized spacial score (nSPS) is 11.1. The van der Waals surface area contributed by atoms with Crippen LogP contribution in [0, 0.1) is 27.7 Å². The first-order chi connectivity index (χ1) is 12.9. The van der Waals surface area contributed by atoms with E-state index in [1.807, 2.05) is 13.0 Å². The molecule has 1 N–H and O–H groups in total. The van der Waals surface area contributed by atoms with E-state index >= 15 is 0 Å². The Morgan fingerprint density at radius 3 is 2.48 bits per heavy atom. The lowest BCUT2D eigenvalue weighted by molar-refractivity contribution is 1.22. The summed E-state index contributed by atoms with van der Waals surface area (Å²) in [5.74, 6) is 0.781. The second-order valence-electron chi connectivity index (χ2n) is 6.91. The van der Waals surface area contributed by atoms with Crippen molar-refractivity contribution in [3.05, 3.63) is 69.3 Å². The molecule has 0 unspecified atom stereocenters. The highest BCUT2D eigenvalue weighted by molar-refractivity contribution is 7.17. The standard InChI is InChI=1S/C22H20ClN3S/c1-12-7-15(4)20(18(23)8-12)26-21-19-17(10-27-22(19)25-11-24-21)16-6-5-13(2)14(3)9-16/h5-11H,1-4H3,(H,24,25,26). The molecule has 0 saturated carbocycles. The van der Waals surface area contributed by atoms with Crippen LogP contribution in [0.3, 0.4) is 0 Å². The highest BCUT2D eigenvalue weighted by Crippen LogP contribution is 2.39. The molecule has 0 saturated heterocycles. The maximum absolute atomic E-state index is 6.50. The number of fused-ring (bicyclic) bond motifs is 1. The summed E-state index contributed by atoms with van der Waals surface area (Å²) in [5.41, 5.74) is 8.00. The molecule has 2 aromatic heterocycles. The zero-order valence-corrected chi connectivity index (χ0v) is 17.3. The van der Waals surface area contributed by atoms with Gasteiger partial charge in [-0.25, -0.2) is 9.97 Å². The molecular weight excluding hydrogens is 374 g/mol. The van der Waals surface area contributed by atoms with Gasteiger partial charge in [0, 0.05) is 10.9 Å². The molecule has 27 heavy (non-hydrogen) atoms. The zero-order valence-electron chi connectivity index (χ0n) is 15.7. The van der Waals surface area contributed by atoms with Gasteiger partial charge in [-0.15, -0.1) is 11.3 Å². The number of anilines is 2. The van der Waals surface area contributed by atoms with Gasteiger partial charge in [-0.3, -0.25) is 0 Å². The Balaban J connectivity index is 1.87. The molecule has 136 valence electrons. The molecule has 0 atom stereocenters. The van der Waals surface area contributed by atoms with E-state index in [-0.39, 0.29) is 0 Å². The smallest absolute Gasteiger partial charge is 0.143 e. The lowest BCUT2D eigenvalue weighted by atomic mass is 10.0. The first kappa shape index (κ1) is 18.0. The summed E-state index contributed by atoms with van der Waals surface area (Å²) < 4.78 is 0. The summed E-state index contributed by atoms with van der Waals surface area (Å²) in [7, 11) is 0. The third-order valence-electron chi connectivity index (χ3n) is 4.86. The van der Waals surface area contributed by atoms with Gasteiger partial charge in [0.05, 0.1) is 16.1 Å². The van der Waals surface area contributed by atoms with Crippen molar-refractivity contribution in [2.24, 2.45) is 0 Å². The Morgan fingerprint density at radius 1 is 0.926 bits per heavy atom. The van der Waals surface area contributed by atoms with E-state index in [0.717, 1.165) is 38.4 Å². The average Bonchev–Trinajstić information content (AvgIpc) is 3.05. The van der Waals surface area contributed by atoms with Gasteiger partial charge in [-0.1, -0.05) is 35.9 Å². The monoisotopic (exact) mass is 393 g/mol. The summed E-state index contributed by atoms with van der Waals surface area (Å²) in [5, 5.41) is 7.33. The van der Waals surface area contributed by atoms with Gasteiger partial charge in [0.2, 0.25) is 0 Å². The van der Waals surface area contributed by atoms with Crippen LogP contribution >= 0.6 is 22.9 Å². The summed E-state index contributed by atoms with van der Waals surface area (Å²) in [6, 6.07) is 10.6. The fourth-order valence-electron chi connectivity index (χ4n) is 3.28. The lowest BCUT2D eigenvalue weighted by Crippen LogP contribution is -1.99. The number of halogens is 1. The second kappa shape index (κ2) is 6.95. The van der Waals surface area contributed by atoms with Crippen molar-refractivity contribution in [1.29, 1.82) is 0 Å². The first-order valence-corrected chi connectivity index (χ1v) is 10.0. The van der Waals surface area contributed by atoms with E-state index in [9.17, 15) is 0 Å². The molecule has 4 aromatic rings. The van der Waals surface area contributed by atoms with Gasteiger partial charge in [0.1, 0.15) is 17.0 Å². The molecule has 0 amide bonds. The molecule has 2 heterocycles. The Hall–Kier alpha value is -2.43. The van der Waals surface area contributed by atoms with Crippen LogP contribution in [-0.4, -0.2) is 9.97 Å². The molecule has 3 nitrogen and oxygen atoms in total. The molecule has 5 heteroatoms. The van der Waals surface area contributed by atoms with Gasteiger partial charge in [-0.05, 0) is 61.6 Å². The van der Waals surface area contributed by atoms with Crippen LogP contribution in [0.5, 0.6) is 0 Å². The summed E-state index contributed by atoms with van der Waals surface area (Å²) >= 11 is 8.13. The van der Waals surface area contributed by atoms with E-state index in [0.29, 0.717) is 5.02 Å². The number of nitrogens with zero attached hydrogens (tertiary/aromatic N) is 2. The molecule has 2 aromatic carbocycles. The maximum atomic E-state index is 6.50. The molecule has 0 aliphatic heterocycles. The Morgan fingerprint density at radius 2 is 1.74 bits per heavy atom. The van der Waals surface area contributed by atoms with Gasteiger partial charge < -0.3 is 5.32 Å². The third-order valence-corrected chi connectivity index (χ3v) is 6.05. The molecule has 4 rings (SSSR count). The number of aryl methyl sites for hydroxylation is 4. The number of nitrogens with one attached hydrogen (secondary N) is 1. The van der Waals surface area contributed by atoms with Crippen molar-refractivity contribution in [2.45, 2.75) is 27.7 Å². The molecule has 0 bridgehead atoms. The van der Waals surface area contributed by atoms with E-state index in [4.69, 9.17) is 11.6 Å². The maximum Gasteiger partial charge on any atom is 0.143 e. The van der Waals surface area contributed by atoms with Crippen LogP contribution in [0.1, 0.15) is 22.3 Å². The number of rotatable bonds is 3. The van der Waals surface area contributed by atoms with Crippen LogP contribution in [0.25, 0.3) is 21.3 Å². The predicted molar refractivity (Wildman–Crippen MR) is 117 cm³/mol. The van der Waals surface area contributed by atoms with Crippen molar-refractivity contribution in [3.63, 3.8) is 0 Å². The fourth-order valence-corrected chi connectivity index (χ4v) is 4.57. The quantitative estimate of drug-likeness (QED) is 0.407. The largest absolute Gasteiger partial charge is 0.338 e. The van der Waals surface area contributed by atoms with Crippen LogP contribution < -0.4 is 5.32 Å². The molecule has 0 aliphatic carbocycles. The van der Waals surface area contributed by atoms with Gasteiger partial charge in [-0.2, -0.15) is 0 Å². The summed E-state index contributed by atoms with van der Waals surface area (Å²) in [6.45, 7) is 8.36. The van der Waals surface area contributed by atoms with Gasteiger partial charge in [0.15, 0.2) is 0 Å². The molecular formula is C22H20ClN3S. The van der Waals surface area contributed by atoms with Crippen molar-refractivity contribution in [1.82, 2.24) is 9.97 Å². The topological polar surface area (TPSA) is 37.8 Å². The second-order valence-corrected chi connectivity index (χ2v) is 8.18. The predicted octanol–water partition coefficient (Wildman–Crippen LogP) is 6.99. The van der Waals surface area contributed by atoms with Gasteiger partial charge >= 0.3 is 0 Å². The van der Waals surface area contributed by atoms with Crippen molar-refractivity contribution in [3.8, 4) is 11.1 Å². The number of hydrogen-bond donors (Lipinski definition) is 1. The van der Waals surface area contributed by atoms with Crippen LogP contribution in [0.15, 0.2) is 42.0 Å². The highest BCUT2D eigenvalue weighted by Gasteiger charge is 2.15. The Bertz CT molecular complexity index is 1140. The fraction of sp³-hybridized carbons (Fsp3) is 0.182. The third kappa shape index (κ3) is 3.31. The number of benzene rings is 2. The molecule has 0 fully saturated rings. The van der Waals surface area contributed by atoms with Crippen LogP contribution in [-0.2, 0) is 0 Å². The van der Waals surface area contributed by atoms with Gasteiger partial charge in [0.25, 0.3) is 0 Å².